The van der Waals surface area contributed by atoms with Crippen LogP contribution in [0.2, 0.25) is 0 Å². The molecule has 8 aromatic carbocycles. The summed E-state index contributed by atoms with van der Waals surface area (Å²) in [6, 6.07) is 69.2. The number of H-pyrrole nitrogens is 1. The van der Waals surface area contributed by atoms with Crippen molar-refractivity contribution in [3.05, 3.63) is 245 Å². The Hall–Kier alpha value is -9.68. The zero-order valence-electron chi connectivity index (χ0n) is 36.3. The second-order valence-electron chi connectivity index (χ2n) is 15.4. The lowest BCUT2D eigenvalue weighted by molar-refractivity contribution is 0.0692. The molecule has 12 heteroatoms. The Morgan fingerprint density at radius 2 is 0.882 bits per heavy atom. The third kappa shape index (κ3) is 9.55. The molecule has 0 bridgehead atoms. The molecule has 3 heterocycles. The first-order valence-corrected chi connectivity index (χ1v) is 21.4. The molecule has 0 amide bonds. The minimum Gasteiger partial charge on any atom is -0.477 e. The minimum absolute atomic E-state index is 0.333. The lowest BCUT2D eigenvalue weighted by atomic mass is 10.1. The Labute approximate surface area is 389 Å². The zero-order valence-corrected chi connectivity index (χ0v) is 36.3. The first kappa shape index (κ1) is 43.6. The fourth-order valence-corrected chi connectivity index (χ4v) is 7.59. The lowest BCUT2D eigenvalue weighted by Gasteiger charge is -2.25. The Bertz CT molecular complexity index is 3500. The number of nitrogens with zero attached hydrogens (tertiary/aromatic N) is 3. The van der Waals surface area contributed by atoms with Gasteiger partial charge in [-0.05, 0) is 109 Å². The van der Waals surface area contributed by atoms with E-state index in [4.69, 9.17) is 25.4 Å². The van der Waals surface area contributed by atoms with Crippen LogP contribution in [0.3, 0.4) is 0 Å². The van der Waals surface area contributed by atoms with E-state index in [1.54, 1.807) is 24.3 Å². The van der Waals surface area contributed by atoms with E-state index < -0.39 is 17.2 Å². The summed E-state index contributed by atoms with van der Waals surface area (Å²) < 4.78 is 11.0. The van der Waals surface area contributed by atoms with Crippen LogP contribution in [0.15, 0.2) is 237 Å². The van der Waals surface area contributed by atoms with Crippen LogP contribution in [-0.2, 0) is 0 Å². The van der Waals surface area contributed by atoms with E-state index in [-0.39, 0.29) is 5.56 Å². The second kappa shape index (κ2) is 19.6. The topological polar surface area (TPSA) is 185 Å². The number of aromatic carboxylic acids is 1. The molecule has 332 valence electrons. The van der Waals surface area contributed by atoms with Crippen LogP contribution in [0.25, 0.3) is 44.4 Å². The molecule has 11 rings (SSSR count). The number of nitrogens with two attached hydrogens (primary N) is 2. The number of benzene rings is 8. The van der Waals surface area contributed by atoms with Crippen molar-refractivity contribution >= 4 is 84.4 Å². The molecule has 0 aliphatic heterocycles. The molecule has 12 nitrogen and oxygen atoms in total. The van der Waals surface area contributed by atoms with Crippen molar-refractivity contribution in [2.75, 3.05) is 21.3 Å². The van der Waals surface area contributed by atoms with Gasteiger partial charge in [0, 0.05) is 57.0 Å². The van der Waals surface area contributed by atoms with E-state index in [9.17, 15) is 14.4 Å². The summed E-state index contributed by atoms with van der Waals surface area (Å²) in [5.41, 5.74) is 19.0. The fourth-order valence-electron chi connectivity index (χ4n) is 7.59. The van der Waals surface area contributed by atoms with Gasteiger partial charge in [0.05, 0.1) is 22.4 Å². The molecule has 3 aromatic heterocycles. The Balaban J connectivity index is 0.000000148. The molecule has 0 saturated carbocycles. The largest absolute Gasteiger partial charge is 0.477 e. The number of imidazole rings is 1. The quantitative estimate of drug-likeness (QED) is 0.0840. The van der Waals surface area contributed by atoms with E-state index in [0.29, 0.717) is 39.3 Å². The predicted molar refractivity (Wildman–Crippen MR) is 272 cm³/mol. The number of hydrogen-bond acceptors (Lipinski definition) is 10. The highest BCUT2D eigenvalue weighted by Gasteiger charge is 2.18. The van der Waals surface area contributed by atoms with E-state index in [0.717, 1.165) is 50.5 Å². The van der Waals surface area contributed by atoms with Gasteiger partial charge in [-0.1, -0.05) is 97.1 Å². The van der Waals surface area contributed by atoms with Crippen molar-refractivity contribution in [3.63, 3.8) is 0 Å². The van der Waals surface area contributed by atoms with Crippen LogP contribution in [0, 0.1) is 0 Å². The molecule has 0 radical (unpaired) electrons. The van der Waals surface area contributed by atoms with Crippen molar-refractivity contribution in [2.45, 2.75) is 0 Å². The van der Waals surface area contributed by atoms with Gasteiger partial charge in [-0.15, -0.1) is 0 Å². The molecule has 11 aromatic rings. The SMILES string of the molecule is Nc1ccccc1N.O=C(O)c1cc2ccc(N(c3ccccc3)c3ccccc3)cc2oc1=O.O=c1oc2cc(N(c3ccccc3)c3ccccc3)ccc2cc1-c1nc2ccccc2[nH]1. The van der Waals surface area contributed by atoms with E-state index >= 15 is 0 Å². The van der Waals surface area contributed by atoms with E-state index in [1.165, 1.54) is 6.07 Å². The van der Waals surface area contributed by atoms with Gasteiger partial charge in [-0.3, -0.25) is 0 Å². The van der Waals surface area contributed by atoms with Crippen LogP contribution >= 0.6 is 0 Å². The average Bonchev–Trinajstić information content (AvgIpc) is 3.81. The number of hydrogen-bond donors (Lipinski definition) is 4. The third-order valence-corrected chi connectivity index (χ3v) is 10.9. The van der Waals surface area contributed by atoms with Crippen LogP contribution in [0.4, 0.5) is 45.5 Å². The van der Waals surface area contributed by atoms with Gasteiger partial charge in [0.1, 0.15) is 28.1 Å². The standard InChI is InChI=1S/C28H19N3O2.C22H15NO4.C6H8N2/c32-28-23(27-29-24-13-7-8-14-25(24)30-27)17-19-15-16-22(18-26(19)33-28)31(20-9-3-1-4-10-20)21-11-5-2-6-12-21;24-21(25)19-13-15-11-12-18(14-20(15)27-22(19)26)23(16-7-3-1-4-8-16)17-9-5-2-6-10-17;7-5-3-1-2-4-6(5)8/h1-18H,(H,29,30);1-14H,(H,24,25);1-4H,7-8H2. The maximum absolute atomic E-state index is 12.9. The Morgan fingerprint density at radius 3 is 1.32 bits per heavy atom. The van der Waals surface area contributed by atoms with Gasteiger partial charge in [0.2, 0.25) is 0 Å². The second-order valence-corrected chi connectivity index (χ2v) is 15.4. The monoisotopic (exact) mass is 894 g/mol. The highest BCUT2D eigenvalue weighted by Crippen LogP contribution is 2.37. The number of anilines is 8. The highest BCUT2D eigenvalue weighted by molar-refractivity contribution is 5.93. The molecular formula is C56H42N6O6. The van der Waals surface area contributed by atoms with Crippen molar-refractivity contribution in [1.29, 1.82) is 0 Å². The van der Waals surface area contributed by atoms with Gasteiger partial charge in [0.15, 0.2) is 0 Å². The summed E-state index contributed by atoms with van der Waals surface area (Å²) in [6.45, 7) is 0. The minimum atomic E-state index is -1.30. The van der Waals surface area contributed by atoms with Crippen LogP contribution < -0.4 is 32.5 Å². The van der Waals surface area contributed by atoms with Crippen molar-refractivity contribution in [2.24, 2.45) is 0 Å². The normalized spacial score (nSPS) is 10.7. The predicted octanol–water partition coefficient (Wildman–Crippen LogP) is 12.6. The Morgan fingerprint density at radius 1 is 0.471 bits per heavy atom. The van der Waals surface area contributed by atoms with Gasteiger partial charge in [-0.25, -0.2) is 19.4 Å². The smallest absolute Gasteiger partial charge is 0.351 e. The van der Waals surface area contributed by atoms with Gasteiger partial charge >= 0.3 is 17.2 Å². The summed E-state index contributed by atoms with van der Waals surface area (Å²) in [4.78, 5) is 47.9. The third-order valence-electron chi connectivity index (χ3n) is 10.9. The summed E-state index contributed by atoms with van der Waals surface area (Å²) in [5.74, 6) is -0.795. The maximum Gasteiger partial charge on any atom is 0.351 e. The van der Waals surface area contributed by atoms with Gasteiger partial charge in [0.25, 0.3) is 0 Å². The number of carboxylic acid groups (broad SMARTS) is 1. The number of fused-ring (bicyclic) bond motifs is 3. The molecule has 0 saturated heterocycles. The summed E-state index contributed by atoms with van der Waals surface area (Å²) in [6.07, 6.45) is 0. The van der Waals surface area contributed by atoms with Crippen molar-refractivity contribution in [3.8, 4) is 11.4 Å². The zero-order chi connectivity index (χ0) is 47.0. The fraction of sp³-hybridized carbons (Fsp3) is 0. The lowest BCUT2D eigenvalue weighted by Crippen LogP contribution is -2.13. The molecular weight excluding hydrogens is 853 g/mol. The number of aromatic nitrogens is 2. The summed E-state index contributed by atoms with van der Waals surface area (Å²) in [7, 11) is 0. The molecule has 0 unspecified atom stereocenters. The van der Waals surface area contributed by atoms with Crippen LogP contribution in [0.1, 0.15) is 10.4 Å². The van der Waals surface area contributed by atoms with E-state index in [1.807, 2.05) is 169 Å². The molecule has 0 atom stereocenters. The molecule has 0 fully saturated rings. The number of carbonyl (C=O) groups is 1. The average molecular weight is 895 g/mol. The number of para-hydroxylation sites is 8. The number of nitrogens with one attached hydrogen (secondary N) is 1. The van der Waals surface area contributed by atoms with Crippen LogP contribution in [0.5, 0.6) is 0 Å². The number of nitrogen functional groups attached to an aromatic ring is 2. The summed E-state index contributed by atoms with van der Waals surface area (Å²) in [5, 5.41) is 10.5. The number of rotatable bonds is 8. The Kier molecular flexibility index (Phi) is 12.6. The van der Waals surface area contributed by atoms with E-state index in [2.05, 4.69) is 39.1 Å². The number of carboxylic acids is 1. The molecule has 0 aliphatic carbocycles. The number of aromatic amines is 1. The molecule has 0 spiro atoms. The van der Waals surface area contributed by atoms with Crippen LogP contribution in [-0.4, -0.2) is 21.0 Å². The summed E-state index contributed by atoms with van der Waals surface area (Å²) >= 11 is 0. The molecule has 0 aliphatic rings. The molecule has 68 heavy (non-hydrogen) atoms. The van der Waals surface area contributed by atoms with Gasteiger partial charge in [-0.2, -0.15) is 0 Å². The van der Waals surface area contributed by atoms with Crippen molar-refractivity contribution < 1.29 is 18.7 Å². The first-order chi connectivity index (χ1) is 33.2. The molecule has 6 N–H and O–H groups in total. The van der Waals surface area contributed by atoms with Crippen molar-refractivity contribution in [1.82, 2.24) is 9.97 Å². The first-order valence-electron chi connectivity index (χ1n) is 21.4. The highest BCUT2D eigenvalue weighted by atomic mass is 16.4. The maximum atomic E-state index is 12.9. The van der Waals surface area contributed by atoms with Gasteiger partial charge < -0.3 is 40.2 Å².